The summed E-state index contributed by atoms with van der Waals surface area (Å²) in [6.45, 7) is 0. The molecule has 0 fully saturated rings. The number of nitrogens with two attached hydrogens (primary N) is 1. The van der Waals surface area contributed by atoms with Crippen LogP contribution < -0.4 is 5.73 Å². The molecule has 4 N–H and O–H groups in total. The molecule has 0 bridgehead atoms. The molecule has 0 radical (unpaired) electrons. The van der Waals surface area contributed by atoms with Gasteiger partial charge in [0.05, 0.1) is 0 Å². The third-order valence-corrected chi connectivity index (χ3v) is 3.62. The first-order valence-corrected chi connectivity index (χ1v) is 5.98. The Balaban J connectivity index is 3.00. The maximum Gasteiger partial charge on any atom is 0.396 e. The predicted octanol–water partition coefficient (Wildman–Crippen LogP) is 1.52. The van der Waals surface area contributed by atoms with Crippen molar-refractivity contribution < 1.29 is 23.1 Å². The molecular weight excluding hydrogens is 235 g/mol. The zero-order valence-electron chi connectivity index (χ0n) is 6.80. The van der Waals surface area contributed by atoms with Crippen LogP contribution in [0.1, 0.15) is 10.9 Å². The maximum atomic E-state index is 13.0. The standard InChI is InChI=1S/C6H8F2NO3PS/c7-6(8,13(10,11)12)5(9)4-2-1-3-14-4/h1-3,5H,9H2,(H2,10,11,12)/t5-/m1/s1. The molecule has 0 spiro atoms. The Kier molecular flexibility index (Phi) is 3.08. The third kappa shape index (κ3) is 2.02. The summed E-state index contributed by atoms with van der Waals surface area (Å²) in [5.74, 6) is 0. The topological polar surface area (TPSA) is 83.6 Å². The van der Waals surface area contributed by atoms with Gasteiger partial charge in [-0.3, -0.25) is 4.57 Å². The minimum atomic E-state index is -5.52. The molecule has 0 amide bonds. The summed E-state index contributed by atoms with van der Waals surface area (Å²) in [5, 5.41) is 1.50. The van der Waals surface area contributed by atoms with Crippen molar-refractivity contribution in [3.63, 3.8) is 0 Å². The highest BCUT2D eigenvalue weighted by atomic mass is 32.1. The molecule has 1 aromatic heterocycles. The SMILES string of the molecule is N[C@H](c1cccs1)C(F)(F)P(=O)(O)O. The Bertz CT molecular complexity index is 350. The Labute approximate surface area is 82.5 Å². The van der Waals surface area contributed by atoms with Crippen LogP contribution in [0.5, 0.6) is 0 Å². The van der Waals surface area contributed by atoms with Crippen molar-refractivity contribution in [2.75, 3.05) is 0 Å². The minimum absolute atomic E-state index is 0.0401. The second-order valence-electron chi connectivity index (χ2n) is 2.62. The number of thiophene rings is 1. The van der Waals surface area contributed by atoms with E-state index in [0.29, 0.717) is 0 Å². The average molecular weight is 243 g/mol. The van der Waals surface area contributed by atoms with Gasteiger partial charge in [0.2, 0.25) is 0 Å². The van der Waals surface area contributed by atoms with Crippen LogP contribution in [0, 0.1) is 0 Å². The van der Waals surface area contributed by atoms with Crippen molar-refractivity contribution in [2.24, 2.45) is 5.73 Å². The van der Waals surface area contributed by atoms with Gasteiger partial charge in [0.25, 0.3) is 0 Å². The highest BCUT2D eigenvalue weighted by molar-refractivity contribution is 7.53. The van der Waals surface area contributed by atoms with Gasteiger partial charge < -0.3 is 15.5 Å². The molecule has 0 aliphatic carbocycles. The summed E-state index contributed by atoms with van der Waals surface area (Å²) < 4.78 is 36.5. The van der Waals surface area contributed by atoms with E-state index < -0.39 is 19.3 Å². The first kappa shape index (κ1) is 11.7. The number of alkyl halides is 2. The first-order valence-electron chi connectivity index (χ1n) is 3.49. The second-order valence-corrected chi connectivity index (χ2v) is 5.29. The Morgan fingerprint density at radius 2 is 2.14 bits per heavy atom. The van der Waals surface area contributed by atoms with Crippen LogP contribution in [0.3, 0.4) is 0 Å². The smallest absolute Gasteiger partial charge is 0.320 e. The highest BCUT2D eigenvalue weighted by Crippen LogP contribution is 2.58. The first-order chi connectivity index (χ1) is 6.27. The van der Waals surface area contributed by atoms with E-state index in [-0.39, 0.29) is 4.88 Å². The van der Waals surface area contributed by atoms with Crippen molar-refractivity contribution in [1.29, 1.82) is 0 Å². The Morgan fingerprint density at radius 1 is 1.57 bits per heavy atom. The van der Waals surface area contributed by atoms with Crippen molar-refractivity contribution >= 4 is 18.9 Å². The molecular formula is C6H8F2NO3PS. The van der Waals surface area contributed by atoms with Crippen LogP contribution in [0.2, 0.25) is 0 Å². The second kappa shape index (κ2) is 3.67. The Hall–Kier alpha value is -0.330. The number of halogens is 2. The lowest BCUT2D eigenvalue weighted by atomic mass is 10.3. The molecule has 0 unspecified atom stereocenters. The fourth-order valence-corrected chi connectivity index (χ4v) is 2.18. The quantitative estimate of drug-likeness (QED) is 0.703. The van der Waals surface area contributed by atoms with Gasteiger partial charge in [0.15, 0.2) is 0 Å². The fourth-order valence-electron chi connectivity index (χ4n) is 0.821. The van der Waals surface area contributed by atoms with Crippen LogP contribution in [0.4, 0.5) is 8.78 Å². The lowest BCUT2D eigenvalue weighted by Crippen LogP contribution is -2.32. The van der Waals surface area contributed by atoms with E-state index >= 15 is 0 Å². The van der Waals surface area contributed by atoms with Gasteiger partial charge >= 0.3 is 13.3 Å². The molecule has 0 aromatic carbocycles. The van der Waals surface area contributed by atoms with Crippen LogP contribution in [0.25, 0.3) is 0 Å². The molecule has 1 rings (SSSR count). The van der Waals surface area contributed by atoms with E-state index in [1.165, 1.54) is 17.5 Å². The molecule has 0 aliphatic rings. The minimum Gasteiger partial charge on any atom is -0.320 e. The van der Waals surface area contributed by atoms with Gasteiger partial charge in [0, 0.05) is 4.88 Å². The lowest BCUT2D eigenvalue weighted by molar-refractivity contribution is 0.0335. The summed E-state index contributed by atoms with van der Waals surface area (Å²) in [6.07, 6.45) is 0. The van der Waals surface area contributed by atoms with E-state index in [1.54, 1.807) is 0 Å². The maximum absolute atomic E-state index is 13.0. The zero-order chi connectivity index (χ0) is 11.0. The van der Waals surface area contributed by atoms with Crippen molar-refractivity contribution in [3.05, 3.63) is 22.4 Å². The van der Waals surface area contributed by atoms with Gasteiger partial charge in [0.1, 0.15) is 6.04 Å². The monoisotopic (exact) mass is 243 g/mol. The van der Waals surface area contributed by atoms with Crippen LogP contribution in [0.15, 0.2) is 17.5 Å². The van der Waals surface area contributed by atoms with E-state index in [9.17, 15) is 13.3 Å². The number of rotatable bonds is 3. The molecule has 4 nitrogen and oxygen atoms in total. The van der Waals surface area contributed by atoms with Gasteiger partial charge in [-0.2, -0.15) is 8.78 Å². The van der Waals surface area contributed by atoms with Crippen molar-refractivity contribution in [2.45, 2.75) is 11.7 Å². The third-order valence-electron chi connectivity index (χ3n) is 1.61. The van der Waals surface area contributed by atoms with Crippen molar-refractivity contribution in [3.8, 4) is 0 Å². The summed E-state index contributed by atoms with van der Waals surface area (Å²) in [7, 11) is -5.52. The largest absolute Gasteiger partial charge is 0.396 e. The molecule has 1 heterocycles. The molecule has 0 saturated carbocycles. The zero-order valence-corrected chi connectivity index (χ0v) is 8.51. The molecule has 1 aromatic rings. The van der Waals surface area contributed by atoms with E-state index in [2.05, 4.69) is 0 Å². The molecule has 14 heavy (non-hydrogen) atoms. The van der Waals surface area contributed by atoms with E-state index in [4.69, 9.17) is 15.5 Å². The van der Waals surface area contributed by atoms with Crippen LogP contribution in [-0.2, 0) is 4.57 Å². The van der Waals surface area contributed by atoms with Gasteiger partial charge in [-0.05, 0) is 11.4 Å². The predicted molar refractivity (Wildman–Crippen MR) is 48.2 cm³/mol. The van der Waals surface area contributed by atoms with E-state index in [1.807, 2.05) is 0 Å². The summed E-state index contributed by atoms with van der Waals surface area (Å²) in [5.41, 5.74) is 0.847. The molecule has 0 saturated heterocycles. The van der Waals surface area contributed by atoms with Crippen LogP contribution >= 0.6 is 18.9 Å². The number of hydrogen-bond donors (Lipinski definition) is 3. The Morgan fingerprint density at radius 3 is 2.50 bits per heavy atom. The fraction of sp³-hybridized carbons (Fsp3) is 0.333. The average Bonchev–Trinajstić information content (AvgIpc) is 2.52. The van der Waals surface area contributed by atoms with E-state index in [0.717, 1.165) is 11.3 Å². The van der Waals surface area contributed by atoms with Crippen LogP contribution in [-0.4, -0.2) is 15.5 Å². The summed E-state index contributed by atoms with van der Waals surface area (Å²) in [4.78, 5) is 16.8. The highest BCUT2D eigenvalue weighted by Gasteiger charge is 2.54. The molecule has 0 aliphatic heterocycles. The lowest BCUT2D eigenvalue weighted by Gasteiger charge is -2.22. The van der Waals surface area contributed by atoms with Gasteiger partial charge in [-0.25, -0.2) is 0 Å². The summed E-state index contributed by atoms with van der Waals surface area (Å²) in [6, 6.07) is 0.817. The van der Waals surface area contributed by atoms with Gasteiger partial charge in [-0.1, -0.05) is 6.07 Å². The van der Waals surface area contributed by atoms with Gasteiger partial charge in [-0.15, -0.1) is 11.3 Å². The molecule has 80 valence electrons. The number of hydrogen-bond acceptors (Lipinski definition) is 3. The molecule has 1 atom stereocenters. The normalized spacial score (nSPS) is 15.5. The van der Waals surface area contributed by atoms with Crippen molar-refractivity contribution in [1.82, 2.24) is 0 Å². The summed E-state index contributed by atoms with van der Waals surface area (Å²) >= 11 is 0.926. The molecule has 8 heteroatoms.